The highest BCUT2D eigenvalue weighted by Gasteiger charge is 2.12. The fraction of sp³-hybridized carbons (Fsp3) is 0.154. The molecule has 2 rings (SSSR count). The van der Waals surface area contributed by atoms with E-state index in [0.717, 1.165) is 15.6 Å². The number of aromatic nitrogens is 3. The van der Waals surface area contributed by atoms with Crippen molar-refractivity contribution in [2.24, 2.45) is 0 Å². The molecule has 7 nitrogen and oxygen atoms in total. The smallest absolute Gasteiger partial charge is 0.404 e. The minimum atomic E-state index is -1.32. The standard InChI is InChI=1S/C13H11BrF2N4O3/c14-9-1-2-11(10(16)3-9)19-7-18-20(13(19)23)6-8(4-15)5-17-12(21)22/h1-4,7,17H,5-6H2,(H,21,22). The molecule has 0 aliphatic carbocycles. The molecule has 0 aliphatic rings. The number of carboxylic acid groups (broad SMARTS) is 1. The minimum absolute atomic E-state index is 0.00103. The number of carbonyl (C=O) groups is 1. The van der Waals surface area contributed by atoms with Crippen LogP contribution in [0.1, 0.15) is 0 Å². The molecule has 0 fully saturated rings. The first kappa shape index (κ1) is 16.9. The van der Waals surface area contributed by atoms with Crippen molar-refractivity contribution in [3.63, 3.8) is 0 Å². The molecule has 0 bridgehead atoms. The summed E-state index contributed by atoms with van der Waals surface area (Å²) in [6.45, 7) is -0.557. The largest absolute Gasteiger partial charge is 0.465 e. The number of rotatable bonds is 5. The summed E-state index contributed by atoms with van der Waals surface area (Å²) in [6.07, 6.45) is -0.0179. The minimum Gasteiger partial charge on any atom is -0.465 e. The van der Waals surface area contributed by atoms with Crippen molar-refractivity contribution in [2.75, 3.05) is 6.54 Å². The monoisotopic (exact) mass is 388 g/mol. The molecule has 10 heteroatoms. The summed E-state index contributed by atoms with van der Waals surface area (Å²) in [5, 5.41) is 14.2. The summed E-state index contributed by atoms with van der Waals surface area (Å²) in [4.78, 5) is 22.6. The zero-order valence-corrected chi connectivity index (χ0v) is 13.1. The molecule has 122 valence electrons. The average Bonchev–Trinajstić information content (AvgIpc) is 2.84. The Bertz CT molecular complexity index is 816. The van der Waals surface area contributed by atoms with Gasteiger partial charge in [0.15, 0.2) is 0 Å². The van der Waals surface area contributed by atoms with Crippen molar-refractivity contribution in [1.82, 2.24) is 19.7 Å². The number of nitrogens with one attached hydrogen (secondary N) is 1. The molecule has 0 saturated carbocycles. The van der Waals surface area contributed by atoms with Gasteiger partial charge in [-0.2, -0.15) is 5.10 Å². The quantitative estimate of drug-likeness (QED) is 0.820. The summed E-state index contributed by atoms with van der Waals surface area (Å²) in [7, 11) is 0. The zero-order chi connectivity index (χ0) is 17.0. The van der Waals surface area contributed by atoms with Gasteiger partial charge in [0, 0.05) is 11.0 Å². The third kappa shape index (κ3) is 4.03. The molecule has 0 atom stereocenters. The van der Waals surface area contributed by atoms with E-state index in [0.29, 0.717) is 4.47 Å². The molecular formula is C13H11BrF2N4O3. The first-order valence-electron chi connectivity index (χ1n) is 6.27. The van der Waals surface area contributed by atoms with Gasteiger partial charge in [0.2, 0.25) is 0 Å². The van der Waals surface area contributed by atoms with Gasteiger partial charge in [-0.25, -0.2) is 27.6 Å². The molecule has 1 amide bonds. The van der Waals surface area contributed by atoms with Crippen molar-refractivity contribution in [3.8, 4) is 5.69 Å². The van der Waals surface area contributed by atoms with E-state index in [1.807, 2.05) is 5.32 Å². The fourth-order valence-corrected chi connectivity index (χ4v) is 2.13. The van der Waals surface area contributed by atoms with E-state index in [-0.39, 0.29) is 30.7 Å². The van der Waals surface area contributed by atoms with Crippen molar-refractivity contribution in [3.05, 3.63) is 57.2 Å². The molecule has 1 heterocycles. The number of halogens is 3. The molecule has 0 unspecified atom stereocenters. The normalized spacial score (nSPS) is 11.5. The van der Waals surface area contributed by atoms with Crippen molar-refractivity contribution in [1.29, 1.82) is 0 Å². The van der Waals surface area contributed by atoms with E-state index in [1.165, 1.54) is 12.1 Å². The molecule has 1 aromatic carbocycles. The van der Waals surface area contributed by atoms with Crippen molar-refractivity contribution < 1.29 is 18.7 Å². The van der Waals surface area contributed by atoms with Crippen LogP contribution >= 0.6 is 15.9 Å². The van der Waals surface area contributed by atoms with Crippen LogP contribution in [0.4, 0.5) is 13.6 Å². The van der Waals surface area contributed by atoms with Crippen molar-refractivity contribution in [2.45, 2.75) is 6.54 Å². The van der Waals surface area contributed by atoms with Gasteiger partial charge in [0.25, 0.3) is 0 Å². The maximum absolute atomic E-state index is 13.9. The summed E-state index contributed by atoms with van der Waals surface area (Å²) in [6, 6.07) is 4.15. The van der Waals surface area contributed by atoms with Gasteiger partial charge < -0.3 is 10.4 Å². The highest BCUT2D eigenvalue weighted by atomic mass is 79.9. The number of hydrogen-bond acceptors (Lipinski definition) is 3. The summed E-state index contributed by atoms with van der Waals surface area (Å²) >= 11 is 3.11. The van der Waals surface area contributed by atoms with Gasteiger partial charge in [-0.1, -0.05) is 15.9 Å². The second-order valence-corrected chi connectivity index (χ2v) is 5.38. The van der Waals surface area contributed by atoms with Crippen LogP contribution < -0.4 is 11.0 Å². The highest BCUT2D eigenvalue weighted by Crippen LogP contribution is 2.17. The predicted molar refractivity (Wildman–Crippen MR) is 80.7 cm³/mol. The third-order valence-electron chi connectivity index (χ3n) is 2.88. The Morgan fingerprint density at radius 3 is 2.83 bits per heavy atom. The summed E-state index contributed by atoms with van der Waals surface area (Å²) in [5.41, 5.74) is -0.684. The third-order valence-corrected chi connectivity index (χ3v) is 3.37. The Labute approximate surface area is 137 Å². The Morgan fingerprint density at radius 2 is 2.22 bits per heavy atom. The van der Waals surface area contributed by atoms with Crippen LogP contribution in [0.5, 0.6) is 0 Å². The van der Waals surface area contributed by atoms with E-state index in [4.69, 9.17) is 5.11 Å². The van der Waals surface area contributed by atoms with Gasteiger partial charge in [-0.3, -0.25) is 0 Å². The zero-order valence-electron chi connectivity index (χ0n) is 11.5. The van der Waals surface area contributed by atoms with Crippen LogP contribution in [-0.4, -0.2) is 32.1 Å². The molecule has 2 aromatic rings. The van der Waals surface area contributed by atoms with E-state index < -0.39 is 17.6 Å². The number of benzene rings is 1. The number of amides is 1. The SMILES string of the molecule is O=C(O)NCC(=CF)Cn1ncn(-c2ccc(Br)cc2F)c1=O. The van der Waals surface area contributed by atoms with Crippen LogP contribution in [0, 0.1) is 5.82 Å². The fourth-order valence-electron chi connectivity index (χ4n) is 1.80. The first-order valence-corrected chi connectivity index (χ1v) is 7.06. The van der Waals surface area contributed by atoms with E-state index in [9.17, 15) is 18.4 Å². The molecule has 0 radical (unpaired) electrons. The summed E-state index contributed by atoms with van der Waals surface area (Å²) < 4.78 is 29.0. The lowest BCUT2D eigenvalue weighted by atomic mass is 10.3. The van der Waals surface area contributed by atoms with E-state index in [2.05, 4.69) is 21.0 Å². The van der Waals surface area contributed by atoms with Crippen LogP contribution in [-0.2, 0) is 6.54 Å². The van der Waals surface area contributed by atoms with Crippen molar-refractivity contribution >= 4 is 22.0 Å². The van der Waals surface area contributed by atoms with Gasteiger partial charge in [-0.15, -0.1) is 0 Å². The maximum Gasteiger partial charge on any atom is 0.404 e. The summed E-state index contributed by atoms with van der Waals surface area (Å²) in [5.74, 6) is -0.630. The average molecular weight is 389 g/mol. The van der Waals surface area contributed by atoms with Gasteiger partial charge in [0.05, 0.1) is 18.6 Å². The lowest BCUT2D eigenvalue weighted by Crippen LogP contribution is -2.29. The molecule has 1 aromatic heterocycles. The number of nitrogens with zero attached hydrogens (tertiary/aromatic N) is 3. The van der Waals surface area contributed by atoms with Crippen LogP contribution in [0.3, 0.4) is 0 Å². The Hall–Kier alpha value is -2.49. The number of hydrogen-bond donors (Lipinski definition) is 2. The van der Waals surface area contributed by atoms with Gasteiger partial charge in [-0.05, 0) is 23.8 Å². The predicted octanol–water partition coefficient (Wildman–Crippen LogP) is 2.06. The second-order valence-electron chi connectivity index (χ2n) is 4.46. The Balaban J connectivity index is 2.25. The molecule has 0 spiro atoms. The first-order chi connectivity index (χ1) is 10.9. The maximum atomic E-state index is 13.9. The van der Waals surface area contributed by atoms with E-state index in [1.54, 1.807) is 6.07 Å². The molecular weight excluding hydrogens is 378 g/mol. The van der Waals surface area contributed by atoms with Gasteiger partial charge >= 0.3 is 11.8 Å². The lowest BCUT2D eigenvalue weighted by Gasteiger charge is -2.05. The van der Waals surface area contributed by atoms with Crippen LogP contribution in [0.15, 0.2) is 45.7 Å². The molecule has 0 aliphatic heterocycles. The Kier molecular flexibility index (Phi) is 5.27. The lowest BCUT2D eigenvalue weighted by molar-refractivity contribution is 0.195. The highest BCUT2D eigenvalue weighted by molar-refractivity contribution is 9.10. The second kappa shape index (κ2) is 7.18. The topological polar surface area (TPSA) is 89.2 Å². The van der Waals surface area contributed by atoms with Crippen LogP contribution in [0.2, 0.25) is 0 Å². The molecule has 0 saturated heterocycles. The molecule has 2 N–H and O–H groups in total. The van der Waals surface area contributed by atoms with Crippen LogP contribution in [0.25, 0.3) is 5.69 Å². The Morgan fingerprint density at radius 1 is 1.48 bits per heavy atom. The molecule has 23 heavy (non-hydrogen) atoms. The van der Waals surface area contributed by atoms with Gasteiger partial charge in [0.1, 0.15) is 12.1 Å². The van der Waals surface area contributed by atoms with E-state index >= 15 is 0 Å².